The Morgan fingerprint density at radius 1 is 0.951 bits per heavy atom. The molecule has 3 aromatic carbocycles. The van der Waals surface area contributed by atoms with Gasteiger partial charge in [-0.15, -0.1) is 0 Å². The van der Waals surface area contributed by atoms with Crippen LogP contribution in [-0.2, 0) is 16.4 Å². The second-order valence-corrected chi connectivity index (χ2v) is 12.0. The predicted molar refractivity (Wildman–Crippen MR) is 153 cm³/mol. The van der Waals surface area contributed by atoms with Gasteiger partial charge < -0.3 is 18.9 Å². The molecule has 0 saturated heterocycles. The Morgan fingerprint density at radius 3 is 2.54 bits per heavy atom. The number of hydrogen-bond acceptors (Lipinski definition) is 7. The molecule has 9 nitrogen and oxygen atoms in total. The Kier molecular flexibility index (Phi) is 5.75. The molecule has 2 aromatic heterocycles. The van der Waals surface area contributed by atoms with Crippen LogP contribution in [0.5, 0.6) is 11.5 Å². The van der Waals surface area contributed by atoms with Crippen molar-refractivity contribution in [3.63, 3.8) is 0 Å². The lowest BCUT2D eigenvalue weighted by molar-refractivity contribution is 0.0886. The number of carbonyl (C=O) groups excluding carboxylic acids is 1. The summed E-state index contributed by atoms with van der Waals surface area (Å²) < 4.78 is 42.6. The Balaban J connectivity index is 1.27. The van der Waals surface area contributed by atoms with E-state index in [2.05, 4.69) is 9.71 Å². The number of carbonyl (C=O) groups is 1. The molecule has 206 valence electrons. The minimum Gasteiger partial charge on any atom is -0.454 e. The molecule has 41 heavy (non-hydrogen) atoms. The van der Waals surface area contributed by atoms with Crippen LogP contribution in [0.2, 0.25) is 0 Å². The minimum absolute atomic E-state index is 0.0849. The highest BCUT2D eigenvalue weighted by atomic mass is 32.2. The molecule has 0 bridgehead atoms. The molecule has 10 heteroatoms. The molecule has 0 radical (unpaired) electrons. The highest BCUT2D eigenvalue weighted by molar-refractivity contribution is 7.92. The number of H-pyrrole nitrogens is 1. The fourth-order valence-corrected chi connectivity index (χ4v) is 6.34. The highest BCUT2D eigenvalue weighted by Crippen LogP contribution is 2.45. The van der Waals surface area contributed by atoms with Crippen LogP contribution in [0.15, 0.2) is 88.1 Å². The Labute approximate surface area is 234 Å². The van der Waals surface area contributed by atoms with Gasteiger partial charge in [0.15, 0.2) is 22.7 Å². The van der Waals surface area contributed by atoms with Gasteiger partial charge in [0.2, 0.25) is 22.6 Å². The van der Waals surface area contributed by atoms with Gasteiger partial charge in [-0.1, -0.05) is 18.2 Å². The number of rotatable bonds is 6. The van der Waals surface area contributed by atoms with Crippen LogP contribution in [0.1, 0.15) is 33.3 Å². The smallest absolute Gasteiger partial charge is 0.231 e. The summed E-state index contributed by atoms with van der Waals surface area (Å²) >= 11 is 0. The van der Waals surface area contributed by atoms with Crippen LogP contribution in [0.25, 0.3) is 22.2 Å². The van der Waals surface area contributed by atoms with Crippen molar-refractivity contribution in [1.82, 2.24) is 4.98 Å². The van der Waals surface area contributed by atoms with Crippen molar-refractivity contribution in [3.8, 4) is 22.8 Å². The molecule has 0 amide bonds. The van der Waals surface area contributed by atoms with Gasteiger partial charge in [-0.2, -0.15) is 0 Å². The van der Waals surface area contributed by atoms with E-state index in [1.54, 1.807) is 42.5 Å². The zero-order chi connectivity index (χ0) is 28.3. The van der Waals surface area contributed by atoms with Crippen molar-refractivity contribution in [2.75, 3.05) is 17.8 Å². The average molecular weight is 569 g/mol. The first-order valence-electron chi connectivity index (χ1n) is 13.0. The molecule has 3 heterocycles. The maximum atomic E-state index is 14.1. The molecule has 2 unspecified atom stereocenters. The first kappa shape index (κ1) is 25.2. The number of furan rings is 1. The quantitative estimate of drug-likeness (QED) is 0.274. The Morgan fingerprint density at radius 2 is 1.73 bits per heavy atom. The van der Waals surface area contributed by atoms with E-state index in [0.29, 0.717) is 50.7 Å². The number of Topliss-reactive ketones (excluding diaryl/α,β-unsaturated/α-hetero) is 1. The summed E-state index contributed by atoms with van der Waals surface area (Å²) in [6, 6.07) is 23.0. The first-order chi connectivity index (χ1) is 19.7. The fourth-order valence-electron chi connectivity index (χ4n) is 5.78. The van der Waals surface area contributed by atoms with E-state index in [-0.39, 0.29) is 30.2 Å². The number of ether oxygens (including phenoxy) is 2. The van der Waals surface area contributed by atoms with Gasteiger partial charge in [0.25, 0.3) is 0 Å². The van der Waals surface area contributed by atoms with Gasteiger partial charge in [0.05, 0.1) is 6.26 Å². The van der Waals surface area contributed by atoms with E-state index in [1.807, 2.05) is 36.4 Å². The topological polar surface area (TPSA) is 128 Å². The predicted octanol–water partition coefficient (Wildman–Crippen LogP) is 5.08. The van der Waals surface area contributed by atoms with Gasteiger partial charge >= 0.3 is 0 Å². The number of sulfonamides is 1. The molecular weight excluding hydrogens is 544 g/mol. The van der Waals surface area contributed by atoms with Crippen molar-refractivity contribution in [3.05, 3.63) is 112 Å². The average Bonchev–Trinajstić information content (AvgIpc) is 3.71. The first-order valence-corrected chi connectivity index (χ1v) is 14.9. The minimum atomic E-state index is -3.40. The van der Waals surface area contributed by atoms with Crippen molar-refractivity contribution in [2.45, 2.75) is 12.3 Å². The lowest BCUT2D eigenvalue weighted by Gasteiger charge is -2.20. The number of aromatic amines is 1. The van der Waals surface area contributed by atoms with Crippen LogP contribution in [0.3, 0.4) is 0 Å². The molecule has 2 aliphatic rings. The number of aromatic nitrogens is 1. The maximum absolute atomic E-state index is 14.1. The van der Waals surface area contributed by atoms with Crippen LogP contribution < -0.4 is 19.6 Å². The van der Waals surface area contributed by atoms with Gasteiger partial charge in [-0.05, 0) is 72.6 Å². The summed E-state index contributed by atoms with van der Waals surface area (Å²) in [5.74, 6) is 0.637. The van der Waals surface area contributed by atoms with Crippen LogP contribution in [0, 0.1) is 5.92 Å². The monoisotopic (exact) mass is 568 g/mol. The van der Waals surface area contributed by atoms with Crippen LogP contribution in [0.4, 0.5) is 5.69 Å². The summed E-state index contributed by atoms with van der Waals surface area (Å²) in [4.78, 5) is 31.1. The summed E-state index contributed by atoms with van der Waals surface area (Å²) in [6.07, 6.45) is 1.34. The third-order valence-electron chi connectivity index (χ3n) is 7.59. The van der Waals surface area contributed by atoms with E-state index in [0.717, 1.165) is 11.8 Å². The van der Waals surface area contributed by atoms with E-state index in [4.69, 9.17) is 13.9 Å². The number of anilines is 1. The highest BCUT2D eigenvalue weighted by Gasteiger charge is 2.42. The van der Waals surface area contributed by atoms with Crippen molar-refractivity contribution < 1.29 is 27.1 Å². The van der Waals surface area contributed by atoms with E-state index < -0.39 is 21.9 Å². The van der Waals surface area contributed by atoms with Gasteiger partial charge in [-0.3, -0.25) is 14.3 Å². The summed E-state index contributed by atoms with van der Waals surface area (Å²) in [6.45, 7) is 0.129. The third-order valence-corrected chi connectivity index (χ3v) is 8.20. The number of fused-ring (bicyclic) bond motifs is 3. The SMILES string of the molecule is CS(=O)(=O)Nc1ccc(-c2ccc(C(=O)C3Cc4c([nH]c5ccccc5c4=O)C3c3ccc4c(c3)OCO4)o2)cc1. The van der Waals surface area contributed by atoms with Crippen molar-refractivity contribution >= 4 is 32.4 Å². The standard InChI is InChI=1S/C31H24N2O7S/c1-41(36,37)33-19-9-6-17(7-10-19)24-12-13-26(40-24)31(35)21-15-22-29(32-23-5-3-2-4-20(23)30(22)34)28(21)18-8-11-25-27(14-18)39-16-38-25/h2-14,21,28,33H,15-16H2,1H3,(H,32,34). The lowest BCUT2D eigenvalue weighted by atomic mass is 9.84. The summed E-state index contributed by atoms with van der Waals surface area (Å²) in [5, 5.41) is 0.581. The summed E-state index contributed by atoms with van der Waals surface area (Å²) in [5.41, 5.74) is 3.87. The van der Waals surface area contributed by atoms with Gasteiger partial charge in [0, 0.05) is 45.2 Å². The molecule has 0 spiro atoms. The third kappa shape index (κ3) is 4.46. The zero-order valence-corrected chi connectivity index (χ0v) is 22.7. The van der Waals surface area contributed by atoms with Gasteiger partial charge in [-0.25, -0.2) is 8.42 Å². The molecule has 0 fully saturated rings. The second kappa shape index (κ2) is 9.38. The number of para-hydroxylation sites is 1. The summed E-state index contributed by atoms with van der Waals surface area (Å²) in [7, 11) is -3.40. The lowest BCUT2D eigenvalue weighted by Crippen LogP contribution is -2.20. The molecular formula is C31H24N2O7S. The van der Waals surface area contributed by atoms with Crippen molar-refractivity contribution in [2.24, 2.45) is 5.92 Å². The number of benzene rings is 3. The number of hydrogen-bond donors (Lipinski definition) is 2. The molecule has 5 aromatic rings. The molecule has 7 rings (SSSR count). The Hall–Kier alpha value is -4.83. The molecule has 0 saturated carbocycles. The number of ketones is 1. The molecule has 2 atom stereocenters. The fraction of sp³-hybridized carbons (Fsp3) is 0.161. The molecule has 2 N–H and O–H groups in total. The van der Waals surface area contributed by atoms with Crippen LogP contribution >= 0.6 is 0 Å². The van der Waals surface area contributed by atoms with E-state index in [1.165, 1.54) is 0 Å². The number of pyridine rings is 1. The largest absolute Gasteiger partial charge is 0.454 e. The van der Waals surface area contributed by atoms with Gasteiger partial charge in [0.1, 0.15) is 5.76 Å². The zero-order valence-electron chi connectivity index (χ0n) is 21.8. The van der Waals surface area contributed by atoms with E-state index in [9.17, 15) is 18.0 Å². The van der Waals surface area contributed by atoms with Crippen molar-refractivity contribution in [1.29, 1.82) is 0 Å². The Bertz CT molecular complexity index is 2010. The second-order valence-electron chi connectivity index (χ2n) is 10.3. The normalized spacial score (nSPS) is 17.5. The molecule has 1 aliphatic carbocycles. The van der Waals surface area contributed by atoms with Crippen LogP contribution in [-0.4, -0.2) is 32.2 Å². The number of nitrogens with one attached hydrogen (secondary N) is 2. The maximum Gasteiger partial charge on any atom is 0.231 e. The molecule has 1 aliphatic heterocycles. The van der Waals surface area contributed by atoms with E-state index >= 15 is 0 Å².